The number of H-pyrrole nitrogens is 1. The van der Waals surface area contributed by atoms with E-state index in [-0.39, 0.29) is 16.2 Å². The SMILES string of the molecule is COc1ccc(NS(=O)(=O)c2ccc3[nH]c(=O)oc3c2)cn1. The molecule has 1 aromatic carbocycles. The summed E-state index contributed by atoms with van der Waals surface area (Å²) >= 11 is 0. The molecule has 0 aliphatic carbocycles. The van der Waals surface area contributed by atoms with E-state index in [0.717, 1.165) is 0 Å². The molecule has 0 fully saturated rings. The Labute approximate surface area is 124 Å². The second-order valence-electron chi connectivity index (χ2n) is 4.37. The van der Waals surface area contributed by atoms with Gasteiger partial charge in [0.25, 0.3) is 10.0 Å². The molecule has 22 heavy (non-hydrogen) atoms. The van der Waals surface area contributed by atoms with Crippen LogP contribution in [0, 0.1) is 0 Å². The Bertz CT molecular complexity index is 973. The number of hydrogen-bond donors (Lipinski definition) is 2. The van der Waals surface area contributed by atoms with Crippen LogP contribution >= 0.6 is 0 Å². The summed E-state index contributed by atoms with van der Waals surface area (Å²) in [5.74, 6) is -0.268. The molecule has 2 aromatic heterocycles. The third kappa shape index (κ3) is 2.66. The standard InChI is InChI=1S/C13H11N3O5S/c1-20-12-5-2-8(7-14-12)16-22(18,19)9-3-4-10-11(6-9)21-13(17)15-10/h2-7,16H,1H3,(H,15,17). The Morgan fingerprint density at radius 3 is 2.77 bits per heavy atom. The van der Waals surface area contributed by atoms with Gasteiger partial charge in [0.1, 0.15) is 0 Å². The summed E-state index contributed by atoms with van der Waals surface area (Å²) in [6.07, 6.45) is 1.34. The van der Waals surface area contributed by atoms with Crippen molar-refractivity contribution in [2.45, 2.75) is 4.90 Å². The van der Waals surface area contributed by atoms with E-state index in [1.165, 1.54) is 43.6 Å². The first-order valence-corrected chi connectivity index (χ1v) is 7.62. The largest absolute Gasteiger partial charge is 0.481 e. The minimum Gasteiger partial charge on any atom is -0.481 e. The number of pyridine rings is 1. The molecule has 2 N–H and O–H groups in total. The number of nitrogens with one attached hydrogen (secondary N) is 2. The number of ether oxygens (including phenoxy) is 1. The highest BCUT2D eigenvalue weighted by Crippen LogP contribution is 2.20. The molecular formula is C13H11N3O5S. The summed E-state index contributed by atoms with van der Waals surface area (Å²) in [5.41, 5.74) is 0.882. The van der Waals surface area contributed by atoms with Crippen LogP contribution < -0.4 is 15.2 Å². The molecule has 9 heteroatoms. The summed E-state index contributed by atoms with van der Waals surface area (Å²) in [5, 5.41) is 0. The maximum absolute atomic E-state index is 12.3. The predicted octanol–water partition coefficient (Wildman–Crippen LogP) is 1.33. The van der Waals surface area contributed by atoms with E-state index in [4.69, 9.17) is 9.15 Å². The minimum atomic E-state index is -3.82. The quantitative estimate of drug-likeness (QED) is 0.749. The molecule has 3 rings (SSSR count). The number of anilines is 1. The third-order valence-electron chi connectivity index (χ3n) is 2.90. The van der Waals surface area contributed by atoms with Gasteiger partial charge in [-0.2, -0.15) is 0 Å². The summed E-state index contributed by atoms with van der Waals surface area (Å²) in [7, 11) is -2.36. The van der Waals surface area contributed by atoms with Crippen molar-refractivity contribution in [1.82, 2.24) is 9.97 Å². The second kappa shape index (κ2) is 5.19. The predicted molar refractivity (Wildman–Crippen MR) is 78.4 cm³/mol. The van der Waals surface area contributed by atoms with Gasteiger partial charge in [0.05, 0.1) is 29.4 Å². The molecule has 0 amide bonds. The maximum atomic E-state index is 12.3. The average molecular weight is 321 g/mol. The molecule has 0 unspecified atom stereocenters. The molecule has 114 valence electrons. The van der Waals surface area contributed by atoms with Gasteiger partial charge in [-0.3, -0.25) is 9.71 Å². The van der Waals surface area contributed by atoms with Crippen molar-refractivity contribution in [1.29, 1.82) is 0 Å². The van der Waals surface area contributed by atoms with Gasteiger partial charge in [-0.15, -0.1) is 0 Å². The van der Waals surface area contributed by atoms with Crippen LogP contribution in [-0.4, -0.2) is 25.5 Å². The van der Waals surface area contributed by atoms with Crippen LogP contribution in [0.2, 0.25) is 0 Å². The lowest BCUT2D eigenvalue weighted by Gasteiger charge is -2.08. The van der Waals surface area contributed by atoms with Crippen LogP contribution in [0.5, 0.6) is 5.88 Å². The molecule has 0 saturated carbocycles. The lowest BCUT2D eigenvalue weighted by molar-refractivity contribution is 0.398. The Balaban J connectivity index is 1.94. The zero-order valence-electron chi connectivity index (χ0n) is 11.4. The smallest absolute Gasteiger partial charge is 0.417 e. The first-order valence-electron chi connectivity index (χ1n) is 6.14. The summed E-state index contributed by atoms with van der Waals surface area (Å²) in [6, 6.07) is 7.16. The van der Waals surface area contributed by atoms with Crippen molar-refractivity contribution in [3.05, 3.63) is 47.1 Å². The second-order valence-corrected chi connectivity index (χ2v) is 6.05. The molecule has 0 spiro atoms. The summed E-state index contributed by atoms with van der Waals surface area (Å²) in [6.45, 7) is 0. The number of aromatic nitrogens is 2. The van der Waals surface area contributed by atoms with Crippen LogP contribution in [-0.2, 0) is 10.0 Å². The molecule has 2 heterocycles. The molecule has 3 aromatic rings. The highest BCUT2D eigenvalue weighted by atomic mass is 32.2. The fourth-order valence-electron chi connectivity index (χ4n) is 1.87. The highest BCUT2D eigenvalue weighted by molar-refractivity contribution is 7.92. The number of benzene rings is 1. The van der Waals surface area contributed by atoms with E-state index in [9.17, 15) is 13.2 Å². The lowest BCUT2D eigenvalue weighted by atomic mass is 10.3. The summed E-state index contributed by atoms with van der Waals surface area (Å²) < 4.78 is 36.7. The van der Waals surface area contributed by atoms with E-state index >= 15 is 0 Å². The molecule has 0 radical (unpaired) electrons. The molecule has 8 nitrogen and oxygen atoms in total. The number of sulfonamides is 1. The average Bonchev–Trinajstić information content (AvgIpc) is 2.86. The van der Waals surface area contributed by atoms with E-state index < -0.39 is 15.8 Å². The first kappa shape index (κ1) is 14.1. The number of fused-ring (bicyclic) bond motifs is 1. The zero-order chi connectivity index (χ0) is 15.7. The number of nitrogens with zero attached hydrogens (tertiary/aromatic N) is 1. The van der Waals surface area contributed by atoms with E-state index in [0.29, 0.717) is 11.4 Å². The van der Waals surface area contributed by atoms with E-state index in [2.05, 4.69) is 14.7 Å². The van der Waals surface area contributed by atoms with Gasteiger partial charge < -0.3 is 9.15 Å². The molecular weight excluding hydrogens is 310 g/mol. The number of rotatable bonds is 4. The number of methoxy groups -OCH3 is 1. The summed E-state index contributed by atoms with van der Waals surface area (Å²) in [4.78, 5) is 17.4. The van der Waals surface area contributed by atoms with Gasteiger partial charge in [0.2, 0.25) is 5.88 Å². The molecule has 0 atom stereocenters. The van der Waals surface area contributed by atoms with Crippen molar-refractivity contribution < 1.29 is 17.6 Å². The van der Waals surface area contributed by atoms with Crippen LogP contribution in [0.25, 0.3) is 11.1 Å². The van der Waals surface area contributed by atoms with Gasteiger partial charge >= 0.3 is 5.76 Å². The van der Waals surface area contributed by atoms with Crippen LogP contribution in [0.4, 0.5) is 5.69 Å². The minimum absolute atomic E-state index is 0.0291. The van der Waals surface area contributed by atoms with Crippen molar-refractivity contribution in [3.63, 3.8) is 0 Å². The van der Waals surface area contributed by atoms with Crippen molar-refractivity contribution >= 4 is 26.8 Å². The molecule has 0 saturated heterocycles. The van der Waals surface area contributed by atoms with E-state index in [1.807, 2.05) is 0 Å². The van der Waals surface area contributed by atoms with Crippen LogP contribution in [0.15, 0.2) is 50.6 Å². The van der Waals surface area contributed by atoms with Gasteiger partial charge in [0.15, 0.2) is 5.58 Å². The first-order chi connectivity index (χ1) is 10.5. The Kier molecular flexibility index (Phi) is 3.33. The monoisotopic (exact) mass is 321 g/mol. The van der Waals surface area contributed by atoms with Gasteiger partial charge in [-0.25, -0.2) is 18.2 Å². The number of oxazole rings is 1. The lowest BCUT2D eigenvalue weighted by Crippen LogP contribution is -2.13. The molecule has 0 aliphatic rings. The van der Waals surface area contributed by atoms with Gasteiger partial charge in [-0.1, -0.05) is 0 Å². The fraction of sp³-hybridized carbons (Fsp3) is 0.0769. The van der Waals surface area contributed by atoms with Crippen LogP contribution in [0.1, 0.15) is 0 Å². The van der Waals surface area contributed by atoms with E-state index in [1.54, 1.807) is 0 Å². The third-order valence-corrected chi connectivity index (χ3v) is 4.28. The number of hydrogen-bond acceptors (Lipinski definition) is 6. The van der Waals surface area contributed by atoms with Crippen molar-refractivity contribution in [3.8, 4) is 5.88 Å². The molecule has 0 aliphatic heterocycles. The Hall–Kier alpha value is -2.81. The normalized spacial score (nSPS) is 11.5. The number of aromatic amines is 1. The Morgan fingerprint density at radius 1 is 1.27 bits per heavy atom. The molecule has 0 bridgehead atoms. The zero-order valence-corrected chi connectivity index (χ0v) is 12.2. The topological polar surface area (TPSA) is 114 Å². The van der Waals surface area contributed by atoms with Gasteiger partial charge in [0, 0.05) is 12.1 Å². The van der Waals surface area contributed by atoms with Crippen molar-refractivity contribution in [2.75, 3.05) is 11.8 Å². The highest BCUT2D eigenvalue weighted by Gasteiger charge is 2.16. The Morgan fingerprint density at radius 2 is 2.09 bits per heavy atom. The maximum Gasteiger partial charge on any atom is 0.417 e. The van der Waals surface area contributed by atoms with Gasteiger partial charge in [-0.05, 0) is 18.2 Å². The fourth-order valence-corrected chi connectivity index (χ4v) is 2.93. The van der Waals surface area contributed by atoms with Crippen LogP contribution in [0.3, 0.4) is 0 Å². The van der Waals surface area contributed by atoms with Crippen molar-refractivity contribution in [2.24, 2.45) is 0 Å².